The summed E-state index contributed by atoms with van der Waals surface area (Å²) in [5.41, 5.74) is 5.48. The number of hydrogen-bond donors (Lipinski definition) is 1. The van der Waals surface area contributed by atoms with Crippen LogP contribution in [0.5, 0.6) is 0 Å². The Kier molecular flexibility index (Phi) is 3.07. The van der Waals surface area contributed by atoms with Crippen LogP contribution in [0.2, 0.25) is 0 Å². The van der Waals surface area contributed by atoms with Crippen LogP contribution in [0, 0.1) is 11.3 Å². The molecule has 1 atom stereocenters. The normalized spacial score (nSPS) is 12.5. The van der Waals surface area contributed by atoms with Crippen LogP contribution in [0.3, 0.4) is 0 Å². The van der Waals surface area contributed by atoms with Gasteiger partial charge in [-0.2, -0.15) is 5.26 Å². The Morgan fingerprint density at radius 3 is 2.64 bits per heavy atom. The molecule has 0 amide bonds. The number of thiophene rings is 1. The Morgan fingerprint density at radius 2 is 2.27 bits per heavy atom. The van der Waals surface area contributed by atoms with E-state index in [0.29, 0.717) is 0 Å². The lowest BCUT2D eigenvalue weighted by Gasteiger charge is -1.93. The number of nitrogens with two attached hydrogens (primary N) is 1. The first-order valence-corrected chi connectivity index (χ1v) is 5.15. The Morgan fingerprint density at radius 1 is 1.64 bits per heavy atom. The summed E-state index contributed by atoms with van der Waals surface area (Å²) in [6, 6.07) is 3.31. The van der Waals surface area contributed by atoms with E-state index in [1.54, 1.807) is 0 Å². The van der Waals surface area contributed by atoms with Crippen molar-refractivity contribution in [1.29, 1.82) is 5.26 Å². The Labute approximate surface area is 85.3 Å². The lowest BCUT2D eigenvalue weighted by molar-refractivity contribution is 0.951. The van der Waals surface area contributed by atoms with Crippen LogP contribution in [0.1, 0.15) is 10.9 Å². The van der Waals surface area contributed by atoms with Gasteiger partial charge in [-0.1, -0.05) is 0 Å². The highest BCUT2D eigenvalue weighted by Gasteiger charge is 2.09. The summed E-state index contributed by atoms with van der Waals surface area (Å²) in [4.78, 5) is 0.867. The van der Waals surface area contributed by atoms with E-state index in [0.717, 1.165) is 13.1 Å². The van der Waals surface area contributed by atoms with Crippen molar-refractivity contribution in [1.82, 2.24) is 0 Å². The SMILES string of the molecule is N#CC(N)c1cc(Br)c(Br)s1. The third-order valence-corrected chi connectivity index (χ3v) is 4.45. The van der Waals surface area contributed by atoms with Gasteiger partial charge in [-0.05, 0) is 37.9 Å². The van der Waals surface area contributed by atoms with Crippen LogP contribution in [0.4, 0.5) is 0 Å². The fourth-order valence-corrected chi connectivity index (χ4v) is 2.62. The molecule has 0 radical (unpaired) electrons. The molecule has 0 bridgehead atoms. The molecule has 0 saturated carbocycles. The molecular formula is C6H4Br2N2S. The van der Waals surface area contributed by atoms with E-state index in [9.17, 15) is 0 Å². The second-order valence-electron chi connectivity index (χ2n) is 1.88. The summed E-state index contributed by atoms with van der Waals surface area (Å²) in [5.74, 6) is 0. The molecule has 0 aliphatic carbocycles. The first-order valence-electron chi connectivity index (χ1n) is 2.75. The first-order chi connectivity index (χ1) is 5.15. The molecule has 2 nitrogen and oxygen atoms in total. The zero-order chi connectivity index (χ0) is 8.43. The minimum Gasteiger partial charge on any atom is -0.312 e. The Balaban J connectivity index is 2.99. The largest absolute Gasteiger partial charge is 0.312 e. The summed E-state index contributed by atoms with van der Waals surface area (Å²) in [6.07, 6.45) is 0. The minimum atomic E-state index is -0.511. The van der Waals surface area contributed by atoms with Crippen molar-refractivity contribution in [2.24, 2.45) is 5.73 Å². The molecule has 11 heavy (non-hydrogen) atoms. The van der Waals surface area contributed by atoms with Crippen molar-refractivity contribution in [3.8, 4) is 6.07 Å². The predicted octanol–water partition coefficient (Wildman–Crippen LogP) is 2.80. The summed E-state index contributed by atoms with van der Waals surface area (Å²) in [6.45, 7) is 0. The van der Waals surface area contributed by atoms with Gasteiger partial charge < -0.3 is 5.73 Å². The van der Waals surface area contributed by atoms with Gasteiger partial charge >= 0.3 is 0 Å². The molecule has 5 heteroatoms. The molecule has 0 spiro atoms. The number of halogens is 2. The highest BCUT2D eigenvalue weighted by atomic mass is 79.9. The van der Waals surface area contributed by atoms with Gasteiger partial charge in [-0.3, -0.25) is 0 Å². The number of rotatable bonds is 1. The second kappa shape index (κ2) is 3.68. The van der Waals surface area contributed by atoms with E-state index in [2.05, 4.69) is 31.9 Å². The standard InChI is InChI=1S/C6H4Br2N2S/c7-3-1-5(4(10)2-9)11-6(3)8/h1,4H,10H2. The Hall–Kier alpha value is 0.110. The maximum absolute atomic E-state index is 8.49. The van der Waals surface area contributed by atoms with Crippen molar-refractivity contribution in [3.63, 3.8) is 0 Å². The van der Waals surface area contributed by atoms with E-state index < -0.39 is 6.04 Å². The van der Waals surface area contributed by atoms with E-state index in [-0.39, 0.29) is 0 Å². The molecule has 1 rings (SSSR count). The quantitative estimate of drug-likeness (QED) is 0.866. The third kappa shape index (κ3) is 2.03. The fraction of sp³-hybridized carbons (Fsp3) is 0.167. The minimum absolute atomic E-state index is 0.511. The topological polar surface area (TPSA) is 49.8 Å². The van der Waals surface area contributed by atoms with Crippen LogP contribution in [-0.4, -0.2) is 0 Å². The van der Waals surface area contributed by atoms with Crippen LogP contribution >= 0.6 is 43.2 Å². The smallest absolute Gasteiger partial charge is 0.128 e. The van der Waals surface area contributed by atoms with Crippen LogP contribution in [0.25, 0.3) is 0 Å². The number of nitrogens with zero attached hydrogens (tertiary/aromatic N) is 1. The summed E-state index contributed by atoms with van der Waals surface area (Å²) in [7, 11) is 0. The summed E-state index contributed by atoms with van der Waals surface area (Å²) in [5, 5.41) is 8.49. The zero-order valence-electron chi connectivity index (χ0n) is 5.34. The lowest BCUT2D eigenvalue weighted by atomic mass is 10.3. The molecule has 0 aliphatic heterocycles. The van der Waals surface area contributed by atoms with Crippen molar-refractivity contribution < 1.29 is 0 Å². The van der Waals surface area contributed by atoms with E-state index in [1.807, 2.05) is 12.1 Å². The van der Waals surface area contributed by atoms with Gasteiger partial charge in [0.25, 0.3) is 0 Å². The highest BCUT2D eigenvalue weighted by molar-refractivity contribution is 9.13. The molecule has 0 aromatic carbocycles. The summed E-state index contributed by atoms with van der Waals surface area (Å²) >= 11 is 8.10. The second-order valence-corrected chi connectivity index (χ2v) is 5.13. The molecule has 0 saturated heterocycles. The fourth-order valence-electron chi connectivity index (χ4n) is 0.580. The van der Waals surface area contributed by atoms with E-state index in [4.69, 9.17) is 11.0 Å². The maximum Gasteiger partial charge on any atom is 0.128 e. The van der Waals surface area contributed by atoms with Crippen LogP contribution in [-0.2, 0) is 0 Å². The highest BCUT2D eigenvalue weighted by Crippen LogP contribution is 2.34. The molecule has 58 valence electrons. The van der Waals surface area contributed by atoms with E-state index in [1.165, 1.54) is 11.3 Å². The van der Waals surface area contributed by atoms with Crippen LogP contribution in [0.15, 0.2) is 14.3 Å². The molecule has 2 N–H and O–H groups in total. The molecule has 0 fully saturated rings. The van der Waals surface area contributed by atoms with E-state index >= 15 is 0 Å². The van der Waals surface area contributed by atoms with Gasteiger partial charge in [-0.15, -0.1) is 11.3 Å². The summed E-state index contributed by atoms with van der Waals surface area (Å²) < 4.78 is 1.92. The lowest BCUT2D eigenvalue weighted by Crippen LogP contribution is -2.04. The van der Waals surface area contributed by atoms with Gasteiger partial charge in [-0.25, -0.2) is 0 Å². The molecule has 0 aliphatic rings. The van der Waals surface area contributed by atoms with Crippen molar-refractivity contribution in [2.75, 3.05) is 0 Å². The van der Waals surface area contributed by atoms with Gasteiger partial charge in [0.2, 0.25) is 0 Å². The van der Waals surface area contributed by atoms with Gasteiger partial charge in [0, 0.05) is 9.35 Å². The number of hydrogen-bond acceptors (Lipinski definition) is 3. The Bertz CT molecular complexity index is 283. The first kappa shape index (κ1) is 9.20. The maximum atomic E-state index is 8.49. The van der Waals surface area contributed by atoms with Crippen molar-refractivity contribution >= 4 is 43.2 Å². The number of nitriles is 1. The average molecular weight is 296 g/mol. The van der Waals surface area contributed by atoms with Crippen molar-refractivity contribution in [2.45, 2.75) is 6.04 Å². The zero-order valence-corrected chi connectivity index (χ0v) is 9.33. The van der Waals surface area contributed by atoms with Gasteiger partial charge in [0.05, 0.1) is 9.86 Å². The van der Waals surface area contributed by atoms with Gasteiger partial charge in [0.15, 0.2) is 0 Å². The monoisotopic (exact) mass is 294 g/mol. The molecule has 1 heterocycles. The predicted molar refractivity (Wildman–Crippen MR) is 52.3 cm³/mol. The molecule has 1 unspecified atom stereocenters. The average Bonchev–Trinajstić information content (AvgIpc) is 2.31. The molecule has 1 aromatic heterocycles. The third-order valence-electron chi connectivity index (χ3n) is 1.11. The molecular weight excluding hydrogens is 292 g/mol. The van der Waals surface area contributed by atoms with Gasteiger partial charge in [0.1, 0.15) is 6.04 Å². The molecule has 1 aromatic rings. The van der Waals surface area contributed by atoms with Crippen molar-refractivity contribution in [3.05, 3.63) is 19.2 Å². The van der Waals surface area contributed by atoms with Crippen LogP contribution < -0.4 is 5.73 Å².